The van der Waals surface area contributed by atoms with E-state index in [9.17, 15) is 10.1 Å². The molecule has 0 aliphatic heterocycles. The molecule has 170 valence electrons. The molecule has 3 rings (SSSR count). The molecule has 0 fully saturated rings. The smallest absolute Gasteiger partial charge is 0.343 e. The van der Waals surface area contributed by atoms with Gasteiger partial charge in [0, 0.05) is 11.1 Å². The van der Waals surface area contributed by atoms with Crippen molar-refractivity contribution in [3.63, 3.8) is 0 Å². The second-order valence-corrected chi connectivity index (χ2v) is 11.0. The highest BCUT2D eigenvalue weighted by Crippen LogP contribution is 2.45. The van der Waals surface area contributed by atoms with Crippen LogP contribution >= 0.6 is 33.9 Å². The van der Waals surface area contributed by atoms with Crippen LogP contribution in [0, 0.1) is 26.2 Å². The molecule has 0 bridgehead atoms. The van der Waals surface area contributed by atoms with Crippen LogP contribution in [0.2, 0.25) is 0 Å². The molecule has 0 N–H and O–H groups in total. The number of esters is 1. The third kappa shape index (κ3) is 5.44. The van der Waals surface area contributed by atoms with Gasteiger partial charge in [-0.05, 0) is 76.4 Å². The Bertz CT molecular complexity index is 1080. The number of nitrogens with zero attached hydrogens (tertiary/aromatic N) is 2. The third-order valence-corrected chi connectivity index (χ3v) is 7.69. The molecule has 0 radical (unpaired) electrons. The van der Waals surface area contributed by atoms with E-state index in [0.29, 0.717) is 23.0 Å². The van der Waals surface area contributed by atoms with E-state index in [1.54, 1.807) is 30.7 Å². The Labute approximate surface area is 206 Å². The molecule has 1 aromatic heterocycles. The van der Waals surface area contributed by atoms with Gasteiger partial charge in [0.1, 0.15) is 11.1 Å². The van der Waals surface area contributed by atoms with Gasteiger partial charge in [0.05, 0.1) is 23.4 Å². The minimum Gasteiger partial charge on any atom is -0.493 e. The molecule has 0 amide bonds. The van der Waals surface area contributed by atoms with Gasteiger partial charge >= 0.3 is 5.97 Å². The molecule has 1 aliphatic rings. The maximum Gasteiger partial charge on any atom is 0.343 e. The number of methoxy groups -OCH3 is 2. The van der Waals surface area contributed by atoms with Gasteiger partial charge in [-0.15, -0.1) is 11.3 Å². The number of carbonyl (C=O) groups excluding carboxylic acids is 1. The topological polar surface area (TPSA) is 80.9 Å². The first-order valence-corrected chi connectivity index (χ1v) is 12.2. The summed E-state index contributed by atoms with van der Waals surface area (Å²) in [4.78, 5) is 17.4. The van der Waals surface area contributed by atoms with Crippen molar-refractivity contribution in [1.82, 2.24) is 0 Å². The maximum absolute atomic E-state index is 11.4. The maximum atomic E-state index is 11.4. The lowest BCUT2D eigenvalue weighted by molar-refractivity contribution is -0.142. The first-order chi connectivity index (χ1) is 15.2. The molecule has 1 heterocycles. The van der Waals surface area contributed by atoms with E-state index in [4.69, 9.17) is 9.47 Å². The Morgan fingerprint density at radius 1 is 1.38 bits per heavy atom. The summed E-state index contributed by atoms with van der Waals surface area (Å²) in [6, 6.07) is 6.07. The molecule has 8 heteroatoms. The number of ether oxygens (including phenoxy) is 3. The highest BCUT2D eigenvalue weighted by atomic mass is 127. The summed E-state index contributed by atoms with van der Waals surface area (Å²) >= 11 is 3.76. The lowest BCUT2D eigenvalue weighted by Gasteiger charge is -2.33. The Balaban J connectivity index is 1.87. The van der Waals surface area contributed by atoms with Crippen LogP contribution in [0.25, 0.3) is 0 Å². The molecular formula is C24H27IN2O4S. The van der Waals surface area contributed by atoms with E-state index in [1.165, 1.54) is 17.6 Å². The molecule has 6 nitrogen and oxygen atoms in total. The summed E-state index contributed by atoms with van der Waals surface area (Å²) in [5.74, 6) is 1.13. The highest BCUT2D eigenvalue weighted by molar-refractivity contribution is 14.1. The van der Waals surface area contributed by atoms with Crippen LogP contribution in [0.1, 0.15) is 48.8 Å². The van der Waals surface area contributed by atoms with Crippen molar-refractivity contribution in [3.8, 4) is 17.6 Å². The summed E-state index contributed by atoms with van der Waals surface area (Å²) < 4.78 is 16.4. The van der Waals surface area contributed by atoms with E-state index in [-0.39, 0.29) is 12.0 Å². The van der Waals surface area contributed by atoms with Crippen molar-refractivity contribution in [2.45, 2.75) is 40.0 Å². The lowest BCUT2D eigenvalue weighted by atomic mass is 9.72. The largest absolute Gasteiger partial charge is 0.493 e. The van der Waals surface area contributed by atoms with E-state index in [0.717, 1.165) is 33.4 Å². The van der Waals surface area contributed by atoms with Gasteiger partial charge < -0.3 is 14.2 Å². The third-order valence-electron chi connectivity index (χ3n) is 5.73. The SMILES string of the molecule is COC(=O)COc1c(I)cc(C=Nc2sc3c(c2C#N)CC[C@@H](C(C)(C)C)C3)cc1OC. The van der Waals surface area contributed by atoms with E-state index < -0.39 is 5.97 Å². The summed E-state index contributed by atoms with van der Waals surface area (Å²) in [6.45, 7) is 6.66. The van der Waals surface area contributed by atoms with Gasteiger partial charge in [-0.25, -0.2) is 9.79 Å². The van der Waals surface area contributed by atoms with Crippen LogP contribution in [-0.2, 0) is 22.4 Å². The Kier molecular flexibility index (Phi) is 7.83. The molecular weight excluding hydrogens is 539 g/mol. The zero-order valence-electron chi connectivity index (χ0n) is 19.0. The summed E-state index contributed by atoms with van der Waals surface area (Å²) in [6.07, 6.45) is 4.79. The van der Waals surface area contributed by atoms with Gasteiger partial charge in [0.25, 0.3) is 0 Å². The Morgan fingerprint density at radius 2 is 2.12 bits per heavy atom. The van der Waals surface area contributed by atoms with E-state index in [2.05, 4.69) is 59.2 Å². The first kappa shape index (κ1) is 24.5. The van der Waals surface area contributed by atoms with Gasteiger partial charge in [0.15, 0.2) is 18.1 Å². The lowest BCUT2D eigenvalue weighted by Crippen LogP contribution is -2.26. The van der Waals surface area contributed by atoms with Gasteiger partial charge in [0.2, 0.25) is 0 Å². The van der Waals surface area contributed by atoms with Crippen LogP contribution in [0.4, 0.5) is 5.00 Å². The second-order valence-electron chi connectivity index (χ2n) is 8.76. The predicted molar refractivity (Wildman–Crippen MR) is 134 cm³/mol. The summed E-state index contributed by atoms with van der Waals surface area (Å²) in [5.41, 5.74) is 2.94. The standard InChI is InChI=1S/C24H27IN2O4S/c1-24(2,3)15-6-7-16-17(11-26)23(32-20(16)10-15)27-12-14-8-18(25)22(19(9-14)29-4)31-13-21(28)30-5/h8-9,12,15H,6-7,10,13H2,1-5H3/t15-/m1/s1. The van der Waals surface area contributed by atoms with Crippen molar-refractivity contribution >= 4 is 51.1 Å². The molecule has 1 atom stereocenters. The second kappa shape index (κ2) is 10.2. The zero-order valence-corrected chi connectivity index (χ0v) is 21.9. The molecule has 0 unspecified atom stereocenters. The molecule has 1 aliphatic carbocycles. The summed E-state index contributed by atoms with van der Waals surface area (Å²) in [5, 5.41) is 10.5. The monoisotopic (exact) mass is 566 g/mol. The first-order valence-electron chi connectivity index (χ1n) is 10.3. The number of hydrogen-bond donors (Lipinski definition) is 0. The number of nitriles is 1. The molecule has 0 saturated heterocycles. The van der Waals surface area contributed by atoms with Crippen LogP contribution in [0.3, 0.4) is 0 Å². The molecule has 32 heavy (non-hydrogen) atoms. The molecule has 0 saturated carbocycles. The van der Waals surface area contributed by atoms with Gasteiger partial charge in [-0.2, -0.15) is 5.26 Å². The number of hydrogen-bond acceptors (Lipinski definition) is 7. The summed E-state index contributed by atoms with van der Waals surface area (Å²) in [7, 11) is 2.86. The van der Waals surface area contributed by atoms with Gasteiger partial charge in [-0.3, -0.25) is 0 Å². The van der Waals surface area contributed by atoms with Crippen LogP contribution in [0.5, 0.6) is 11.5 Å². The Morgan fingerprint density at radius 3 is 2.75 bits per heavy atom. The average molecular weight is 566 g/mol. The normalized spacial score (nSPS) is 15.8. The molecule has 0 spiro atoms. The van der Waals surface area contributed by atoms with Crippen LogP contribution < -0.4 is 9.47 Å². The van der Waals surface area contributed by atoms with Crippen LogP contribution in [0.15, 0.2) is 17.1 Å². The van der Waals surface area contributed by atoms with Crippen molar-refractivity contribution in [3.05, 3.63) is 37.3 Å². The van der Waals surface area contributed by atoms with Crippen molar-refractivity contribution in [1.29, 1.82) is 5.26 Å². The van der Waals surface area contributed by atoms with E-state index in [1.807, 2.05) is 6.07 Å². The number of benzene rings is 1. The number of fused-ring (bicyclic) bond motifs is 1. The highest BCUT2D eigenvalue weighted by Gasteiger charge is 2.32. The number of aliphatic imine (C=N–C) groups is 1. The molecule has 1 aromatic carbocycles. The Hall–Kier alpha value is -2.12. The number of carbonyl (C=O) groups is 1. The van der Waals surface area contributed by atoms with Crippen LogP contribution in [-0.4, -0.2) is 33.0 Å². The van der Waals surface area contributed by atoms with Gasteiger partial charge in [-0.1, -0.05) is 20.8 Å². The average Bonchev–Trinajstić information content (AvgIpc) is 3.12. The zero-order chi connectivity index (χ0) is 23.5. The fourth-order valence-electron chi connectivity index (χ4n) is 3.79. The number of rotatable bonds is 6. The van der Waals surface area contributed by atoms with E-state index >= 15 is 0 Å². The predicted octanol–water partition coefficient (Wildman–Crippen LogP) is 5.69. The van der Waals surface area contributed by atoms with Crippen molar-refractivity contribution < 1.29 is 19.0 Å². The van der Waals surface area contributed by atoms with Crippen molar-refractivity contribution in [2.24, 2.45) is 16.3 Å². The fourth-order valence-corrected chi connectivity index (χ4v) is 5.80. The quantitative estimate of drug-likeness (QED) is 0.255. The minimum absolute atomic E-state index is 0.196. The number of thiophene rings is 1. The number of halogens is 1. The minimum atomic E-state index is -0.465. The fraction of sp³-hybridized carbons (Fsp3) is 0.458. The molecule has 2 aromatic rings. The van der Waals surface area contributed by atoms with Crippen molar-refractivity contribution in [2.75, 3.05) is 20.8 Å².